The number of carbonyl (C=O) groups is 1. The number of hydrogen-bond acceptors (Lipinski definition) is 5. The lowest BCUT2D eigenvalue weighted by Crippen LogP contribution is -2.23. The molecule has 28 heavy (non-hydrogen) atoms. The molecule has 2 aromatic rings. The maximum Gasteiger partial charge on any atom is 0.195 e. The van der Waals surface area contributed by atoms with Crippen LogP contribution >= 0.6 is 0 Å². The van der Waals surface area contributed by atoms with Crippen LogP contribution in [0.15, 0.2) is 49.1 Å². The third-order valence-corrected chi connectivity index (χ3v) is 4.53. The lowest BCUT2D eigenvalue weighted by atomic mass is 9.91. The van der Waals surface area contributed by atoms with E-state index in [4.69, 9.17) is 0 Å². The molecule has 0 spiro atoms. The molecule has 5 heteroatoms. The Morgan fingerprint density at radius 3 is 2.18 bits per heavy atom. The normalized spacial score (nSPS) is 11.8. The first-order valence-electron chi connectivity index (χ1n) is 9.00. The van der Waals surface area contributed by atoms with Crippen molar-refractivity contribution in [3.63, 3.8) is 0 Å². The number of aryl methyl sites for hydroxylation is 1. The summed E-state index contributed by atoms with van der Waals surface area (Å²) in [5.74, 6) is -1.06. The van der Waals surface area contributed by atoms with Crippen LogP contribution < -0.4 is 0 Å². The van der Waals surface area contributed by atoms with Crippen LogP contribution in [0.4, 0.5) is 0 Å². The lowest BCUT2D eigenvalue weighted by molar-refractivity contribution is 0.0745. The van der Waals surface area contributed by atoms with Crippen molar-refractivity contribution in [1.29, 1.82) is 0 Å². The molecule has 0 bridgehead atoms. The Morgan fingerprint density at radius 2 is 1.64 bits per heavy atom. The third kappa shape index (κ3) is 4.81. The summed E-state index contributed by atoms with van der Waals surface area (Å²) in [6.07, 6.45) is -0.302. The minimum absolute atomic E-state index is 0.0307. The zero-order valence-electron chi connectivity index (χ0n) is 16.2. The molecule has 4 N–H and O–H groups in total. The van der Waals surface area contributed by atoms with E-state index in [1.807, 2.05) is 6.92 Å². The summed E-state index contributed by atoms with van der Waals surface area (Å²) >= 11 is 0. The van der Waals surface area contributed by atoms with Crippen molar-refractivity contribution in [3.05, 3.63) is 71.3 Å². The molecule has 0 aliphatic rings. The second-order valence-electron chi connectivity index (χ2n) is 7.14. The van der Waals surface area contributed by atoms with Gasteiger partial charge in [0.05, 0.1) is 11.1 Å². The van der Waals surface area contributed by atoms with E-state index in [2.05, 4.69) is 13.2 Å². The number of ketones is 1. The molecule has 0 saturated carbocycles. The van der Waals surface area contributed by atoms with Gasteiger partial charge < -0.3 is 20.4 Å². The van der Waals surface area contributed by atoms with Gasteiger partial charge in [-0.25, -0.2) is 0 Å². The van der Waals surface area contributed by atoms with Crippen molar-refractivity contribution in [1.82, 2.24) is 0 Å². The molecule has 0 amide bonds. The zero-order chi connectivity index (χ0) is 21.0. The van der Waals surface area contributed by atoms with Gasteiger partial charge >= 0.3 is 0 Å². The van der Waals surface area contributed by atoms with Crippen molar-refractivity contribution in [2.45, 2.75) is 39.2 Å². The summed E-state index contributed by atoms with van der Waals surface area (Å²) in [5.41, 5.74) is 2.54. The highest BCUT2D eigenvalue weighted by Crippen LogP contribution is 2.39. The predicted molar refractivity (Wildman–Crippen MR) is 110 cm³/mol. The number of aliphatic hydroxyl groups excluding tert-OH is 1. The van der Waals surface area contributed by atoms with Crippen molar-refractivity contribution < 1.29 is 25.2 Å². The first kappa shape index (κ1) is 21.3. The zero-order valence-corrected chi connectivity index (χ0v) is 16.2. The SMILES string of the molecule is C=C(C)CCc1cc(C(=O)[C@@H](O)Cc2ccc(O)cc2)c(O)c(C(=C)C)c1O. The van der Waals surface area contributed by atoms with Crippen LogP contribution in [0.3, 0.4) is 0 Å². The van der Waals surface area contributed by atoms with Crippen molar-refractivity contribution in [2.75, 3.05) is 0 Å². The van der Waals surface area contributed by atoms with Crippen LogP contribution in [0, 0.1) is 0 Å². The van der Waals surface area contributed by atoms with Gasteiger partial charge in [-0.05, 0) is 61.6 Å². The molecule has 0 aliphatic heterocycles. The summed E-state index contributed by atoms with van der Waals surface area (Å²) in [6.45, 7) is 11.1. The Balaban J connectivity index is 2.41. The highest BCUT2D eigenvalue weighted by Gasteiger charge is 2.26. The summed E-state index contributed by atoms with van der Waals surface area (Å²) in [7, 11) is 0. The van der Waals surface area contributed by atoms with Gasteiger partial charge in [-0.15, -0.1) is 6.58 Å². The van der Waals surface area contributed by atoms with Gasteiger partial charge in [0.2, 0.25) is 0 Å². The van der Waals surface area contributed by atoms with E-state index in [1.165, 1.54) is 18.2 Å². The molecule has 0 unspecified atom stereocenters. The molecule has 0 aliphatic carbocycles. The Labute approximate surface area is 164 Å². The highest BCUT2D eigenvalue weighted by atomic mass is 16.3. The third-order valence-electron chi connectivity index (χ3n) is 4.53. The number of hydrogen-bond donors (Lipinski definition) is 4. The van der Waals surface area contributed by atoms with Crippen LogP contribution in [0.5, 0.6) is 17.2 Å². The molecule has 0 heterocycles. The lowest BCUT2D eigenvalue weighted by Gasteiger charge is -2.17. The summed E-state index contributed by atoms with van der Waals surface area (Å²) < 4.78 is 0. The number of carbonyl (C=O) groups excluding carboxylic acids is 1. The number of aliphatic hydroxyl groups is 1. The summed E-state index contributed by atoms with van der Waals surface area (Å²) in [6, 6.07) is 7.58. The van der Waals surface area contributed by atoms with Gasteiger partial charge in [0, 0.05) is 6.42 Å². The number of rotatable bonds is 8. The number of aromatic hydroxyl groups is 3. The first-order valence-corrected chi connectivity index (χ1v) is 9.00. The maximum atomic E-state index is 12.8. The molecule has 148 valence electrons. The average molecular weight is 382 g/mol. The van der Waals surface area contributed by atoms with E-state index in [9.17, 15) is 25.2 Å². The van der Waals surface area contributed by atoms with Crippen molar-refractivity contribution in [2.24, 2.45) is 0 Å². The number of Topliss-reactive ketones (excluding diaryl/α,β-unsaturated/α-hetero) is 1. The maximum absolute atomic E-state index is 12.8. The molecule has 5 nitrogen and oxygen atoms in total. The number of benzene rings is 2. The summed E-state index contributed by atoms with van der Waals surface area (Å²) in [5, 5.41) is 40.8. The molecule has 0 radical (unpaired) electrons. The van der Waals surface area contributed by atoms with Crippen molar-refractivity contribution >= 4 is 11.4 Å². The van der Waals surface area contributed by atoms with Crippen LogP contribution in [0.2, 0.25) is 0 Å². The molecule has 2 rings (SSSR count). The Morgan fingerprint density at radius 1 is 1.04 bits per heavy atom. The number of phenolic OH excluding ortho intramolecular Hbond substituents is 3. The fourth-order valence-electron chi connectivity index (χ4n) is 2.98. The molecule has 0 fully saturated rings. The van der Waals surface area contributed by atoms with Gasteiger partial charge in [0.25, 0.3) is 0 Å². The minimum atomic E-state index is -1.38. The molecular formula is C23H26O5. The van der Waals surface area contributed by atoms with E-state index < -0.39 is 11.9 Å². The van der Waals surface area contributed by atoms with Crippen molar-refractivity contribution in [3.8, 4) is 17.2 Å². The quantitative estimate of drug-likeness (QED) is 0.406. The van der Waals surface area contributed by atoms with E-state index in [-0.39, 0.29) is 34.8 Å². The number of allylic oxidation sites excluding steroid dienone is 2. The molecule has 2 aromatic carbocycles. The van der Waals surface area contributed by atoms with Gasteiger partial charge in [0.15, 0.2) is 5.78 Å². The van der Waals surface area contributed by atoms with Gasteiger partial charge in [-0.3, -0.25) is 4.79 Å². The fourth-order valence-corrected chi connectivity index (χ4v) is 2.98. The Bertz CT molecular complexity index is 910. The number of phenols is 3. The van der Waals surface area contributed by atoms with E-state index in [1.54, 1.807) is 19.1 Å². The van der Waals surface area contributed by atoms with Crippen LogP contribution in [-0.2, 0) is 12.8 Å². The van der Waals surface area contributed by atoms with Gasteiger partial charge in [-0.2, -0.15) is 0 Å². The largest absolute Gasteiger partial charge is 0.508 e. The van der Waals surface area contributed by atoms with E-state index in [0.717, 1.165) is 5.57 Å². The average Bonchev–Trinajstić information content (AvgIpc) is 2.62. The second kappa shape index (κ2) is 8.76. The smallest absolute Gasteiger partial charge is 0.195 e. The van der Waals surface area contributed by atoms with Gasteiger partial charge in [-0.1, -0.05) is 24.3 Å². The Kier molecular flexibility index (Phi) is 6.65. The molecule has 0 aromatic heterocycles. The fraction of sp³-hybridized carbons (Fsp3) is 0.261. The van der Waals surface area contributed by atoms with Crippen LogP contribution in [-0.4, -0.2) is 32.3 Å². The van der Waals surface area contributed by atoms with Gasteiger partial charge in [0.1, 0.15) is 23.4 Å². The van der Waals surface area contributed by atoms with Crippen LogP contribution in [0.25, 0.3) is 5.57 Å². The standard InChI is InChI=1S/C23H26O5/c1-13(2)5-8-16-12-18(23(28)20(14(3)4)21(16)26)22(27)19(25)11-15-6-9-17(24)10-7-15/h6-7,9-10,12,19,24-26,28H,1,3,5,8,11H2,2,4H3/t19-/m0/s1. The molecular weight excluding hydrogens is 356 g/mol. The topological polar surface area (TPSA) is 98.0 Å². The first-order chi connectivity index (χ1) is 13.1. The second-order valence-corrected chi connectivity index (χ2v) is 7.14. The molecule has 1 atom stereocenters. The Hall–Kier alpha value is -3.05. The van der Waals surface area contributed by atoms with Crippen LogP contribution in [0.1, 0.15) is 47.3 Å². The predicted octanol–water partition coefficient (Wildman–Crippen LogP) is 4.13. The van der Waals surface area contributed by atoms with E-state index in [0.29, 0.717) is 29.5 Å². The monoisotopic (exact) mass is 382 g/mol. The van der Waals surface area contributed by atoms with E-state index >= 15 is 0 Å². The molecule has 0 saturated heterocycles. The summed E-state index contributed by atoms with van der Waals surface area (Å²) in [4.78, 5) is 12.8. The highest BCUT2D eigenvalue weighted by molar-refractivity contribution is 6.03. The minimum Gasteiger partial charge on any atom is -0.508 e.